The molecular weight excluding hydrogens is 140 g/mol. The maximum atomic E-state index is 11.3. The van der Waals surface area contributed by atoms with Crippen molar-refractivity contribution in [3.05, 3.63) is 23.3 Å². The Morgan fingerprint density at radius 1 is 1.36 bits per heavy atom. The molecule has 1 rings (SSSR count). The van der Waals surface area contributed by atoms with E-state index in [0.717, 1.165) is 0 Å². The number of ketones is 1. The summed E-state index contributed by atoms with van der Waals surface area (Å²) in [5.74, 6) is -0.197. The second kappa shape index (κ2) is 2.31. The van der Waals surface area contributed by atoms with Crippen LogP contribution in [0.5, 0.6) is 0 Å². The zero-order chi connectivity index (χ0) is 8.65. The van der Waals surface area contributed by atoms with Gasteiger partial charge in [0, 0.05) is 0 Å². The third kappa shape index (κ3) is 1.14. The first kappa shape index (κ1) is 8.21. The van der Waals surface area contributed by atoms with Crippen LogP contribution in [-0.4, -0.2) is 16.5 Å². The topological polar surface area (TPSA) is 37.3 Å². The molecule has 2 heteroatoms. The van der Waals surface area contributed by atoms with Crippen LogP contribution in [-0.2, 0) is 4.79 Å². The highest BCUT2D eigenvalue weighted by Crippen LogP contribution is 2.24. The first-order chi connectivity index (χ1) is 4.96. The molecule has 2 nitrogen and oxygen atoms in total. The third-order valence-electron chi connectivity index (χ3n) is 2.15. The van der Waals surface area contributed by atoms with Crippen LogP contribution in [0.2, 0.25) is 0 Å². The van der Waals surface area contributed by atoms with E-state index < -0.39 is 5.60 Å². The Morgan fingerprint density at radius 2 is 1.91 bits per heavy atom. The van der Waals surface area contributed by atoms with Gasteiger partial charge in [-0.3, -0.25) is 4.79 Å². The van der Waals surface area contributed by atoms with E-state index in [2.05, 4.69) is 0 Å². The minimum atomic E-state index is -1.28. The first-order valence-electron chi connectivity index (χ1n) is 3.59. The van der Waals surface area contributed by atoms with E-state index in [4.69, 9.17) is 0 Å². The van der Waals surface area contributed by atoms with Crippen LogP contribution >= 0.6 is 0 Å². The molecule has 11 heavy (non-hydrogen) atoms. The molecule has 0 bridgehead atoms. The van der Waals surface area contributed by atoms with Gasteiger partial charge in [0.25, 0.3) is 0 Å². The Balaban J connectivity index is 3.14. The smallest absolute Gasteiger partial charge is 0.193 e. The zero-order valence-corrected chi connectivity index (χ0v) is 7.01. The van der Waals surface area contributed by atoms with Gasteiger partial charge in [-0.1, -0.05) is 12.2 Å². The van der Waals surface area contributed by atoms with Crippen LogP contribution in [0.4, 0.5) is 0 Å². The molecule has 0 spiro atoms. The van der Waals surface area contributed by atoms with Crippen molar-refractivity contribution in [2.24, 2.45) is 0 Å². The Hall–Kier alpha value is -0.890. The molecule has 0 aromatic rings. The summed E-state index contributed by atoms with van der Waals surface area (Å²) in [6, 6.07) is 0. The van der Waals surface area contributed by atoms with Gasteiger partial charge >= 0.3 is 0 Å². The Morgan fingerprint density at radius 3 is 2.36 bits per heavy atom. The lowest BCUT2D eigenvalue weighted by Crippen LogP contribution is -2.38. The van der Waals surface area contributed by atoms with E-state index in [1.165, 1.54) is 6.92 Å². The Kier molecular flexibility index (Phi) is 1.72. The van der Waals surface area contributed by atoms with Gasteiger partial charge < -0.3 is 5.11 Å². The van der Waals surface area contributed by atoms with Gasteiger partial charge in [-0.2, -0.15) is 0 Å². The molecule has 0 saturated heterocycles. The molecule has 1 aliphatic rings. The van der Waals surface area contributed by atoms with Gasteiger partial charge in [0.2, 0.25) is 0 Å². The lowest BCUT2D eigenvalue weighted by Gasteiger charge is -2.25. The highest BCUT2D eigenvalue weighted by Gasteiger charge is 2.34. The van der Waals surface area contributed by atoms with Gasteiger partial charge in [0.15, 0.2) is 5.78 Å². The van der Waals surface area contributed by atoms with E-state index in [1.54, 1.807) is 26.0 Å². The summed E-state index contributed by atoms with van der Waals surface area (Å²) in [4.78, 5) is 11.3. The number of carbonyl (C=O) groups is 1. The van der Waals surface area contributed by atoms with E-state index in [0.29, 0.717) is 11.1 Å². The van der Waals surface area contributed by atoms with Crippen LogP contribution in [0.25, 0.3) is 0 Å². The molecule has 0 fully saturated rings. The number of rotatable bonds is 0. The van der Waals surface area contributed by atoms with Crippen LogP contribution in [0, 0.1) is 0 Å². The number of Topliss-reactive ketones (excluding diaryl/α,β-unsaturated/α-hetero) is 1. The molecule has 0 heterocycles. The second-order valence-electron chi connectivity index (χ2n) is 3.10. The third-order valence-corrected chi connectivity index (χ3v) is 2.15. The second-order valence-corrected chi connectivity index (χ2v) is 3.10. The molecule has 0 aromatic heterocycles. The van der Waals surface area contributed by atoms with Gasteiger partial charge in [-0.25, -0.2) is 0 Å². The van der Waals surface area contributed by atoms with Gasteiger partial charge in [0.1, 0.15) is 5.60 Å². The van der Waals surface area contributed by atoms with E-state index in [-0.39, 0.29) is 5.78 Å². The Bertz CT molecular complexity index is 253. The molecule has 1 aliphatic carbocycles. The van der Waals surface area contributed by atoms with Crippen molar-refractivity contribution in [2.45, 2.75) is 26.4 Å². The zero-order valence-electron chi connectivity index (χ0n) is 7.01. The average molecular weight is 152 g/mol. The maximum absolute atomic E-state index is 11.3. The lowest BCUT2D eigenvalue weighted by atomic mass is 9.84. The number of hydrogen-bond acceptors (Lipinski definition) is 2. The van der Waals surface area contributed by atoms with Gasteiger partial charge in [-0.15, -0.1) is 0 Å². The molecule has 0 aliphatic heterocycles. The molecule has 1 N–H and O–H groups in total. The van der Waals surface area contributed by atoms with Crippen molar-refractivity contribution in [2.75, 3.05) is 0 Å². The Labute approximate surface area is 66.2 Å². The van der Waals surface area contributed by atoms with Crippen molar-refractivity contribution >= 4 is 5.78 Å². The molecule has 0 saturated carbocycles. The highest BCUT2D eigenvalue weighted by molar-refractivity contribution is 6.04. The van der Waals surface area contributed by atoms with Gasteiger partial charge in [-0.05, 0) is 31.9 Å². The minimum Gasteiger partial charge on any atom is -0.378 e. The van der Waals surface area contributed by atoms with E-state index in [9.17, 15) is 9.90 Å². The predicted octanol–water partition coefficient (Wildman–Crippen LogP) is 1.21. The largest absolute Gasteiger partial charge is 0.378 e. The fourth-order valence-corrected chi connectivity index (χ4v) is 1.05. The summed E-state index contributed by atoms with van der Waals surface area (Å²) in [6.07, 6.45) is 3.51. The number of carbonyl (C=O) groups excluding carboxylic acids is 1. The molecule has 1 unspecified atom stereocenters. The van der Waals surface area contributed by atoms with E-state index >= 15 is 0 Å². The highest BCUT2D eigenvalue weighted by atomic mass is 16.3. The average Bonchev–Trinajstić information content (AvgIpc) is 1.95. The van der Waals surface area contributed by atoms with E-state index in [1.807, 2.05) is 0 Å². The van der Waals surface area contributed by atoms with Crippen LogP contribution in [0.1, 0.15) is 20.8 Å². The summed E-state index contributed by atoms with van der Waals surface area (Å²) in [7, 11) is 0. The van der Waals surface area contributed by atoms with Crippen LogP contribution < -0.4 is 0 Å². The summed E-state index contributed by atoms with van der Waals surface area (Å²) < 4.78 is 0. The molecular formula is C9H12O2. The van der Waals surface area contributed by atoms with Gasteiger partial charge in [0.05, 0.1) is 0 Å². The summed E-state index contributed by atoms with van der Waals surface area (Å²) in [5, 5.41) is 9.62. The maximum Gasteiger partial charge on any atom is 0.193 e. The fraction of sp³-hybridized carbons (Fsp3) is 0.444. The molecule has 1 atom stereocenters. The summed E-state index contributed by atoms with van der Waals surface area (Å²) in [6.45, 7) is 4.98. The molecule has 0 amide bonds. The molecule has 0 radical (unpaired) electrons. The van der Waals surface area contributed by atoms with Crippen LogP contribution in [0.3, 0.4) is 0 Å². The molecule has 0 aromatic carbocycles. The number of aliphatic hydroxyl groups is 1. The predicted molar refractivity (Wildman–Crippen MR) is 43.1 cm³/mol. The minimum absolute atomic E-state index is 0.197. The monoisotopic (exact) mass is 152 g/mol. The summed E-state index contributed by atoms with van der Waals surface area (Å²) >= 11 is 0. The SMILES string of the molecule is CC1=CC=C(C)C(C)(O)C1=O. The normalized spacial score (nSPS) is 31.5. The lowest BCUT2D eigenvalue weighted by molar-refractivity contribution is -0.128. The molecule has 60 valence electrons. The number of hydrogen-bond donors (Lipinski definition) is 1. The van der Waals surface area contributed by atoms with Crippen molar-refractivity contribution in [3.63, 3.8) is 0 Å². The van der Waals surface area contributed by atoms with Crippen molar-refractivity contribution in [1.82, 2.24) is 0 Å². The van der Waals surface area contributed by atoms with Crippen molar-refractivity contribution in [1.29, 1.82) is 0 Å². The fourth-order valence-electron chi connectivity index (χ4n) is 1.05. The number of allylic oxidation sites excluding steroid dienone is 2. The summed E-state index contributed by atoms with van der Waals surface area (Å²) in [5.41, 5.74) is 0.0347. The first-order valence-corrected chi connectivity index (χ1v) is 3.59. The van der Waals surface area contributed by atoms with Crippen molar-refractivity contribution in [3.8, 4) is 0 Å². The standard InChI is InChI=1S/C9H12O2/c1-6-4-5-7(2)9(3,11)8(6)10/h4-5,11H,1-3H3. The van der Waals surface area contributed by atoms with Crippen LogP contribution in [0.15, 0.2) is 23.3 Å². The quantitative estimate of drug-likeness (QED) is 0.566. The van der Waals surface area contributed by atoms with Crippen molar-refractivity contribution < 1.29 is 9.90 Å².